The fourth-order valence-electron chi connectivity index (χ4n) is 3.79. The molecular weight excluding hydrogens is 375 g/mol. The molecule has 2 fully saturated rings. The molecule has 3 rings (SSSR count). The van der Waals surface area contributed by atoms with E-state index in [1.165, 1.54) is 12.3 Å². The lowest BCUT2D eigenvalue weighted by atomic mass is 9.79. The number of nitrogens with one attached hydrogen (secondary N) is 2. The molecule has 3 heterocycles. The van der Waals surface area contributed by atoms with Gasteiger partial charge in [0.2, 0.25) is 11.8 Å². The van der Waals surface area contributed by atoms with E-state index in [0.717, 1.165) is 25.5 Å². The molecule has 1 atom stereocenters. The number of nitrogens with zero attached hydrogens (tertiary/aromatic N) is 3. The SMILES string of the molecule is CN=C(NCCOc1ncccc1C(F)(F)F)N1CCCC2(CNC(=O)C2)C1. The number of aliphatic imine (C=N–C) groups is 1. The average molecular weight is 399 g/mol. The molecule has 2 aliphatic heterocycles. The maximum Gasteiger partial charge on any atom is 0.421 e. The third kappa shape index (κ3) is 4.66. The van der Waals surface area contributed by atoms with E-state index in [-0.39, 0.29) is 24.5 Å². The molecule has 1 unspecified atom stereocenters. The molecule has 1 aromatic heterocycles. The van der Waals surface area contributed by atoms with Gasteiger partial charge in [-0.25, -0.2) is 4.98 Å². The number of halogens is 3. The van der Waals surface area contributed by atoms with Gasteiger partial charge in [0.15, 0.2) is 5.96 Å². The molecule has 2 aliphatic rings. The van der Waals surface area contributed by atoms with Crippen molar-refractivity contribution < 1.29 is 22.7 Å². The summed E-state index contributed by atoms with van der Waals surface area (Å²) in [5, 5.41) is 6.02. The Morgan fingerprint density at radius 1 is 1.50 bits per heavy atom. The molecule has 1 amide bonds. The van der Waals surface area contributed by atoms with Crippen LogP contribution in [0.5, 0.6) is 5.88 Å². The molecule has 10 heteroatoms. The molecule has 7 nitrogen and oxygen atoms in total. The highest BCUT2D eigenvalue weighted by atomic mass is 19.4. The summed E-state index contributed by atoms with van der Waals surface area (Å²) in [7, 11) is 1.66. The summed E-state index contributed by atoms with van der Waals surface area (Å²) < 4.78 is 44.1. The largest absolute Gasteiger partial charge is 0.475 e. The predicted molar refractivity (Wildman–Crippen MR) is 97.0 cm³/mol. The molecule has 0 bridgehead atoms. The number of aromatic nitrogens is 1. The topological polar surface area (TPSA) is 78.9 Å². The first kappa shape index (κ1) is 20.2. The smallest absolute Gasteiger partial charge is 0.421 e. The van der Waals surface area contributed by atoms with Crippen LogP contribution in [-0.4, -0.2) is 61.6 Å². The van der Waals surface area contributed by atoms with Crippen LogP contribution in [0.4, 0.5) is 13.2 Å². The highest BCUT2D eigenvalue weighted by Crippen LogP contribution is 2.36. The van der Waals surface area contributed by atoms with Crippen molar-refractivity contribution in [1.82, 2.24) is 20.5 Å². The van der Waals surface area contributed by atoms with Crippen molar-refractivity contribution in [3.63, 3.8) is 0 Å². The van der Waals surface area contributed by atoms with Crippen LogP contribution in [0, 0.1) is 5.41 Å². The van der Waals surface area contributed by atoms with E-state index in [9.17, 15) is 18.0 Å². The molecule has 0 aromatic carbocycles. The molecule has 28 heavy (non-hydrogen) atoms. The highest BCUT2D eigenvalue weighted by molar-refractivity contribution is 5.81. The van der Waals surface area contributed by atoms with Crippen LogP contribution >= 0.6 is 0 Å². The molecule has 2 N–H and O–H groups in total. The van der Waals surface area contributed by atoms with Crippen molar-refractivity contribution in [3.8, 4) is 5.88 Å². The Balaban J connectivity index is 1.52. The van der Waals surface area contributed by atoms with E-state index in [4.69, 9.17) is 4.74 Å². The van der Waals surface area contributed by atoms with Gasteiger partial charge < -0.3 is 20.3 Å². The second-order valence-electron chi connectivity index (χ2n) is 7.15. The number of likely N-dealkylation sites (tertiary alicyclic amines) is 1. The second kappa shape index (κ2) is 8.24. The van der Waals surface area contributed by atoms with Crippen molar-refractivity contribution >= 4 is 11.9 Å². The molecule has 154 valence electrons. The number of carbonyl (C=O) groups is 1. The number of piperidine rings is 1. The summed E-state index contributed by atoms with van der Waals surface area (Å²) in [6.07, 6.45) is -0.788. The van der Waals surface area contributed by atoms with Crippen LogP contribution in [0.15, 0.2) is 23.3 Å². The Morgan fingerprint density at radius 3 is 3.00 bits per heavy atom. The van der Waals surface area contributed by atoms with Gasteiger partial charge in [0, 0.05) is 44.7 Å². The quantitative estimate of drug-likeness (QED) is 0.457. The fraction of sp³-hybridized carbons (Fsp3) is 0.611. The number of hydrogen-bond acceptors (Lipinski definition) is 4. The molecule has 1 aromatic rings. The van der Waals surface area contributed by atoms with E-state index in [0.29, 0.717) is 25.5 Å². The minimum Gasteiger partial charge on any atom is -0.475 e. The number of rotatable bonds is 4. The van der Waals surface area contributed by atoms with Gasteiger partial charge in [0.05, 0.1) is 6.54 Å². The maximum atomic E-state index is 13.0. The molecule has 0 radical (unpaired) electrons. The Hall–Kier alpha value is -2.52. The maximum absolute atomic E-state index is 13.0. The van der Waals surface area contributed by atoms with E-state index in [1.807, 2.05) is 0 Å². The van der Waals surface area contributed by atoms with E-state index >= 15 is 0 Å². The number of hydrogen-bond donors (Lipinski definition) is 2. The van der Waals surface area contributed by atoms with Crippen LogP contribution < -0.4 is 15.4 Å². The Morgan fingerprint density at radius 2 is 2.32 bits per heavy atom. The second-order valence-corrected chi connectivity index (χ2v) is 7.15. The lowest BCUT2D eigenvalue weighted by Gasteiger charge is -2.40. The van der Waals surface area contributed by atoms with Gasteiger partial charge in [-0.05, 0) is 25.0 Å². The number of ether oxygens (including phenoxy) is 1. The molecule has 0 saturated carbocycles. The molecule has 0 aliphatic carbocycles. The normalized spacial score (nSPS) is 23.1. The van der Waals surface area contributed by atoms with Crippen LogP contribution in [-0.2, 0) is 11.0 Å². The molecule has 2 saturated heterocycles. The summed E-state index contributed by atoms with van der Waals surface area (Å²) in [4.78, 5) is 21.7. The minimum absolute atomic E-state index is 0.0120. The zero-order valence-corrected chi connectivity index (χ0v) is 15.7. The Labute approximate surface area is 161 Å². The van der Waals surface area contributed by atoms with Gasteiger partial charge in [-0.1, -0.05) is 0 Å². The van der Waals surface area contributed by atoms with Gasteiger partial charge in [0.25, 0.3) is 0 Å². The number of pyridine rings is 1. The first-order valence-electron chi connectivity index (χ1n) is 9.20. The van der Waals surface area contributed by atoms with Crippen LogP contribution in [0.1, 0.15) is 24.8 Å². The Kier molecular flexibility index (Phi) is 5.95. The standard InChI is InChI=1S/C18H24F3N5O2/c1-22-16(26-8-3-5-17(12-26)10-14(27)25-11-17)24-7-9-28-15-13(18(19,20)21)4-2-6-23-15/h2,4,6H,3,5,7-12H2,1H3,(H,22,24)(H,25,27). The van der Waals surface area contributed by atoms with Crippen LogP contribution in [0.25, 0.3) is 0 Å². The van der Waals surface area contributed by atoms with Gasteiger partial charge in [-0.3, -0.25) is 9.79 Å². The summed E-state index contributed by atoms with van der Waals surface area (Å²) in [5.41, 5.74) is -0.963. The van der Waals surface area contributed by atoms with Crippen molar-refractivity contribution in [2.24, 2.45) is 10.4 Å². The number of amides is 1. The summed E-state index contributed by atoms with van der Waals surface area (Å²) in [6.45, 7) is 2.49. The predicted octanol–water partition coefficient (Wildman–Crippen LogP) is 1.66. The Bertz CT molecular complexity index is 740. The van der Waals surface area contributed by atoms with Gasteiger partial charge in [-0.2, -0.15) is 13.2 Å². The molecule has 1 spiro atoms. The monoisotopic (exact) mass is 399 g/mol. The first-order valence-corrected chi connectivity index (χ1v) is 9.20. The van der Waals surface area contributed by atoms with E-state index < -0.39 is 17.6 Å². The summed E-state index contributed by atoms with van der Waals surface area (Å²) in [5.74, 6) is 0.298. The average Bonchev–Trinajstić information content (AvgIpc) is 3.01. The van der Waals surface area contributed by atoms with Crippen molar-refractivity contribution in [1.29, 1.82) is 0 Å². The number of carbonyl (C=O) groups excluding carboxylic acids is 1. The number of guanidine groups is 1. The van der Waals surface area contributed by atoms with Gasteiger partial charge in [-0.15, -0.1) is 0 Å². The van der Waals surface area contributed by atoms with E-state index in [2.05, 4.69) is 25.5 Å². The summed E-state index contributed by atoms with van der Waals surface area (Å²) in [6, 6.07) is 2.17. The zero-order valence-electron chi connectivity index (χ0n) is 15.7. The fourth-order valence-corrected chi connectivity index (χ4v) is 3.79. The number of alkyl halides is 3. The minimum atomic E-state index is -4.51. The first-order chi connectivity index (χ1) is 13.3. The van der Waals surface area contributed by atoms with Crippen LogP contribution in [0.2, 0.25) is 0 Å². The van der Waals surface area contributed by atoms with Gasteiger partial charge >= 0.3 is 6.18 Å². The third-order valence-electron chi connectivity index (χ3n) is 5.07. The zero-order chi connectivity index (χ0) is 20.2. The van der Waals surface area contributed by atoms with Crippen molar-refractivity contribution in [2.45, 2.75) is 25.4 Å². The van der Waals surface area contributed by atoms with Gasteiger partial charge in [0.1, 0.15) is 12.2 Å². The summed E-state index contributed by atoms with van der Waals surface area (Å²) >= 11 is 0. The third-order valence-corrected chi connectivity index (χ3v) is 5.07. The molecular formula is C18H24F3N5O2. The lowest BCUT2D eigenvalue weighted by Crippen LogP contribution is -2.51. The lowest BCUT2D eigenvalue weighted by molar-refractivity contribution is -0.139. The van der Waals surface area contributed by atoms with E-state index in [1.54, 1.807) is 7.05 Å². The van der Waals surface area contributed by atoms with Crippen LogP contribution in [0.3, 0.4) is 0 Å². The highest BCUT2D eigenvalue weighted by Gasteiger charge is 2.42. The van der Waals surface area contributed by atoms with Crippen molar-refractivity contribution in [2.75, 3.05) is 39.8 Å². The van der Waals surface area contributed by atoms with Crippen molar-refractivity contribution in [3.05, 3.63) is 23.9 Å².